The number of nitrogens with one attached hydrogen (secondary N) is 5. The fourth-order valence-corrected chi connectivity index (χ4v) is 11.2. The van der Waals surface area contributed by atoms with Crippen LogP contribution in [0, 0.1) is 5.92 Å². The minimum absolute atomic E-state index is 0.0101. The van der Waals surface area contributed by atoms with Crippen LogP contribution in [0.2, 0.25) is 0 Å². The predicted molar refractivity (Wildman–Crippen MR) is 213 cm³/mol. The Hall–Kier alpha value is -4.01. The molecule has 3 aliphatic carbocycles. The second-order valence-corrected chi connectivity index (χ2v) is 20.1. The Balaban J connectivity index is 1.10. The fourth-order valence-electron chi connectivity index (χ4n) is 8.09. The number of thiophene rings is 1. The number of carbonyl (C=O) groups excluding carboxylic acids is 3. The Morgan fingerprint density at radius 2 is 1.68 bits per heavy atom. The van der Waals surface area contributed by atoms with Crippen molar-refractivity contribution in [2.45, 2.75) is 118 Å². The van der Waals surface area contributed by atoms with E-state index in [1.54, 1.807) is 0 Å². The van der Waals surface area contributed by atoms with Crippen molar-refractivity contribution >= 4 is 60.3 Å². The van der Waals surface area contributed by atoms with Crippen LogP contribution in [-0.4, -0.2) is 91.0 Å². The van der Waals surface area contributed by atoms with Gasteiger partial charge in [-0.2, -0.15) is 13.1 Å². The van der Waals surface area contributed by atoms with Gasteiger partial charge >= 0.3 is 0 Å². The van der Waals surface area contributed by atoms with Gasteiger partial charge in [0.15, 0.2) is 0 Å². The average Bonchev–Trinajstić information content (AvgIpc) is 3.92. The number of ether oxygens (including phenoxy) is 1. The normalized spacial score (nSPS) is 28.2. The first kappa shape index (κ1) is 39.8. The van der Waals surface area contributed by atoms with E-state index in [9.17, 15) is 31.2 Å². The van der Waals surface area contributed by atoms with Crippen LogP contribution in [0.15, 0.2) is 53.9 Å². The zero-order valence-corrected chi connectivity index (χ0v) is 33.8. The van der Waals surface area contributed by atoms with Crippen LogP contribution in [0.3, 0.4) is 0 Å². The molecule has 306 valence electrons. The fraction of sp³-hybridized carbons (Fsp3) is 0.553. The minimum atomic E-state index is -4.02. The summed E-state index contributed by atoms with van der Waals surface area (Å²) in [5.74, 6) is -2.20. The molecule has 2 aromatic heterocycles. The molecule has 3 amide bonds. The Kier molecular flexibility index (Phi) is 11.4. The van der Waals surface area contributed by atoms with Crippen LogP contribution in [-0.2, 0) is 34.6 Å². The van der Waals surface area contributed by atoms with E-state index < -0.39 is 72.8 Å². The number of para-hydroxylation sites is 2. The Morgan fingerprint density at radius 3 is 2.42 bits per heavy atom. The number of hydrazine groups is 1. The number of benzene rings is 1. The molecule has 3 saturated carbocycles. The average molecular weight is 841 g/mol. The summed E-state index contributed by atoms with van der Waals surface area (Å²) in [7, 11) is -7.93. The maximum Gasteiger partial charge on any atom is 0.290 e. The van der Waals surface area contributed by atoms with E-state index in [0.29, 0.717) is 42.4 Å². The summed E-state index contributed by atoms with van der Waals surface area (Å²) in [5.41, 5.74) is 3.01. The van der Waals surface area contributed by atoms with Gasteiger partial charge in [-0.25, -0.2) is 23.8 Å². The van der Waals surface area contributed by atoms with E-state index in [1.807, 2.05) is 53.9 Å². The molecular weight excluding hydrogens is 793 g/mol. The number of hydrogen-bond donors (Lipinski definition) is 5. The van der Waals surface area contributed by atoms with Crippen LogP contribution in [0.1, 0.15) is 83.5 Å². The first-order valence-electron chi connectivity index (χ1n) is 19.8. The number of rotatable bonds is 11. The SMILES string of the molecule is O=C1N[C@]2(C(=O)NS(=O)(=O)C3CC3)C[C@H]2/C=C\CCCCC[C@H](NNS(=O)(=O)NC2CCCC2)C(=O)N2C[C@H](Oc3nc4ccccc4nc3-c3cccs3)C[C@@H]12. The molecule has 5 atom stereocenters. The quantitative estimate of drug-likeness (QED) is 0.140. The van der Waals surface area contributed by atoms with Crippen molar-refractivity contribution in [3.05, 3.63) is 53.9 Å². The Morgan fingerprint density at radius 1 is 0.930 bits per heavy atom. The molecular formula is C38H48N8O8S3. The number of hydrogen-bond acceptors (Lipinski definition) is 12. The lowest BCUT2D eigenvalue weighted by Crippen LogP contribution is -2.60. The first-order chi connectivity index (χ1) is 27.4. The van der Waals surface area contributed by atoms with Crippen LogP contribution >= 0.6 is 11.3 Å². The highest BCUT2D eigenvalue weighted by Gasteiger charge is 2.62. The highest BCUT2D eigenvalue weighted by molar-refractivity contribution is 7.91. The topological polar surface area (TPSA) is 218 Å². The molecule has 0 radical (unpaired) electrons. The summed E-state index contributed by atoms with van der Waals surface area (Å²) in [6, 6.07) is 8.78. The summed E-state index contributed by atoms with van der Waals surface area (Å²) in [5, 5.41) is 4.15. The molecule has 2 aliphatic heterocycles. The third kappa shape index (κ3) is 9.02. The molecule has 1 aromatic carbocycles. The highest BCUT2D eigenvalue weighted by atomic mass is 32.2. The Bertz CT molecular complexity index is 2250. The van der Waals surface area contributed by atoms with Gasteiger partial charge in [-0.05, 0) is 74.9 Å². The van der Waals surface area contributed by atoms with E-state index in [4.69, 9.17) is 14.7 Å². The summed E-state index contributed by atoms with van der Waals surface area (Å²) >= 11 is 1.46. The van der Waals surface area contributed by atoms with Crippen molar-refractivity contribution < 1.29 is 36.0 Å². The van der Waals surface area contributed by atoms with E-state index in [0.717, 1.165) is 43.4 Å². The number of fused-ring (bicyclic) bond motifs is 3. The highest BCUT2D eigenvalue weighted by Crippen LogP contribution is 2.46. The number of nitrogens with zero attached hydrogens (tertiary/aromatic N) is 3. The number of aromatic nitrogens is 2. The van der Waals surface area contributed by atoms with Crippen molar-refractivity contribution in [3.63, 3.8) is 0 Å². The van der Waals surface area contributed by atoms with Crippen molar-refractivity contribution in [3.8, 4) is 16.5 Å². The summed E-state index contributed by atoms with van der Waals surface area (Å²) < 4.78 is 63.4. The lowest BCUT2D eigenvalue weighted by atomic mass is 10.1. The Labute approximate surface area is 336 Å². The molecule has 3 aromatic rings. The van der Waals surface area contributed by atoms with Gasteiger partial charge in [0.2, 0.25) is 27.7 Å². The first-order valence-corrected chi connectivity index (χ1v) is 23.7. The van der Waals surface area contributed by atoms with E-state index in [-0.39, 0.29) is 37.7 Å². The molecule has 16 nitrogen and oxygen atoms in total. The molecule has 8 rings (SSSR count). The largest absolute Gasteiger partial charge is 0.471 e. The van der Waals surface area contributed by atoms with Crippen LogP contribution < -0.4 is 29.8 Å². The van der Waals surface area contributed by atoms with E-state index in [2.05, 4.69) is 25.0 Å². The molecule has 5 N–H and O–H groups in total. The zero-order valence-electron chi connectivity index (χ0n) is 31.4. The molecule has 1 saturated heterocycles. The standard InChI is InChI=1S/C38H48N8O8S3/c47-34-31-21-26(54-35-33(32-17-10-20-55-32)39-28-14-8-9-15-29(28)40-35)23-46(31)36(48)30(42-45-57(52,53)43-25-12-6-7-13-25)16-5-3-1-2-4-11-24-22-38(24,41-34)37(49)44-56(50,51)27-18-19-27/h4,8-11,14-15,17,20,24-27,30-31,42-43,45H,1-3,5-7,12-13,16,18-19,21-23H2,(H,41,47)(H,44,49)/b11-4-/t24-,26-,30+,31+,38-/m1/s1. The van der Waals surface area contributed by atoms with E-state index >= 15 is 0 Å². The van der Waals surface area contributed by atoms with Gasteiger partial charge in [0, 0.05) is 18.4 Å². The van der Waals surface area contributed by atoms with Crippen molar-refractivity contribution in [1.29, 1.82) is 0 Å². The predicted octanol–water partition coefficient (Wildman–Crippen LogP) is 2.95. The van der Waals surface area contributed by atoms with Gasteiger partial charge < -0.3 is 15.0 Å². The lowest BCUT2D eigenvalue weighted by molar-refractivity contribution is -0.141. The van der Waals surface area contributed by atoms with Gasteiger partial charge in [0.05, 0.1) is 27.7 Å². The monoisotopic (exact) mass is 840 g/mol. The van der Waals surface area contributed by atoms with Crippen LogP contribution in [0.25, 0.3) is 21.6 Å². The second-order valence-electron chi connectivity index (χ2n) is 15.7. The van der Waals surface area contributed by atoms with Crippen LogP contribution in [0.4, 0.5) is 0 Å². The molecule has 0 unspecified atom stereocenters. The summed E-state index contributed by atoms with van der Waals surface area (Å²) in [6.45, 7) is -0.0564. The zero-order chi connectivity index (χ0) is 39.8. The van der Waals surface area contributed by atoms with Gasteiger partial charge in [0.1, 0.15) is 29.4 Å². The molecule has 4 heterocycles. The maximum atomic E-state index is 14.6. The third-order valence-corrected chi connectivity index (χ3v) is 15.2. The number of sulfonamides is 1. The number of allylic oxidation sites excluding steroid dienone is 1. The van der Waals surface area contributed by atoms with Gasteiger partial charge in [-0.1, -0.05) is 56.0 Å². The van der Waals surface area contributed by atoms with Crippen LogP contribution in [0.5, 0.6) is 5.88 Å². The second kappa shape index (κ2) is 16.3. The van der Waals surface area contributed by atoms with Gasteiger partial charge in [0.25, 0.3) is 16.1 Å². The lowest BCUT2D eigenvalue weighted by Gasteiger charge is -2.30. The summed E-state index contributed by atoms with van der Waals surface area (Å²) in [6.07, 6.45) is 10.5. The van der Waals surface area contributed by atoms with Crippen molar-refractivity contribution in [1.82, 2.24) is 39.9 Å². The van der Waals surface area contributed by atoms with Crippen molar-refractivity contribution in [2.24, 2.45) is 5.92 Å². The third-order valence-electron chi connectivity index (χ3n) is 11.5. The molecule has 4 fully saturated rings. The van der Waals surface area contributed by atoms with Gasteiger partial charge in [-0.15, -0.1) is 16.2 Å². The van der Waals surface area contributed by atoms with Crippen molar-refractivity contribution in [2.75, 3.05) is 6.54 Å². The molecule has 19 heteroatoms. The molecule has 0 bridgehead atoms. The maximum absolute atomic E-state index is 14.6. The van der Waals surface area contributed by atoms with E-state index in [1.165, 1.54) is 16.2 Å². The molecule has 5 aliphatic rings. The number of amides is 3. The summed E-state index contributed by atoms with van der Waals surface area (Å²) in [4.78, 5) is 57.1. The smallest absolute Gasteiger partial charge is 0.290 e. The van der Waals surface area contributed by atoms with Gasteiger partial charge in [-0.3, -0.25) is 19.1 Å². The molecule has 0 spiro atoms. The number of carbonyl (C=O) groups is 3. The molecule has 57 heavy (non-hydrogen) atoms. The minimum Gasteiger partial charge on any atom is -0.471 e.